The van der Waals surface area contributed by atoms with Crippen molar-refractivity contribution in [3.05, 3.63) is 12.2 Å². The number of amides is 1. The highest BCUT2D eigenvalue weighted by atomic mass is 16.4. The number of hydrogen-bond acceptors (Lipinski definition) is 2. The molecule has 1 amide bonds. The highest BCUT2D eigenvalue weighted by molar-refractivity contribution is 5.87. The molecule has 2 saturated carbocycles. The van der Waals surface area contributed by atoms with Crippen LogP contribution in [0.15, 0.2) is 12.2 Å². The predicted octanol–water partition coefficient (Wildman–Crippen LogP) is 1.57. The molecule has 3 aliphatic rings. The van der Waals surface area contributed by atoms with Crippen molar-refractivity contribution in [3.63, 3.8) is 0 Å². The third-order valence-electron chi connectivity index (χ3n) is 4.93. The van der Waals surface area contributed by atoms with Crippen LogP contribution < -0.4 is 5.32 Å². The zero-order valence-electron chi connectivity index (χ0n) is 10.6. The SMILES string of the molecule is CC1(NC(=O)C2C3C=CC(C3)C2C(=O)O)CCC1. The molecule has 0 aromatic carbocycles. The Bertz CT molecular complexity index is 425. The normalized spacial score (nSPS) is 39.4. The number of nitrogens with one attached hydrogen (secondary N) is 1. The molecular weight excluding hydrogens is 230 g/mol. The zero-order valence-corrected chi connectivity index (χ0v) is 10.6. The number of fused-ring (bicyclic) bond motifs is 2. The first-order valence-electron chi connectivity index (χ1n) is 6.73. The van der Waals surface area contributed by atoms with Gasteiger partial charge in [0.25, 0.3) is 0 Å². The van der Waals surface area contributed by atoms with Gasteiger partial charge >= 0.3 is 5.97 Å². The number of carbonyl (C=O) groups excluding carboxylic acids is 1. The second-order valence-corrected chi connectivity index (χ2v) is 6.24. The molecule has 2 N–H and O–H groups in total. The summed E-state index contributed by atoms with van der Waals surface area (Å²) >= 11 is 0. The number of hydrogen-bond donors (Lipinski definition) is 2. The van der Waals surface area contributed by atoms with Gasteiger partial charge in [-0.3, -0.25) is 9.59 Å². The fourth-order valence-corrected chi connectivity index (χ4v) is 3.73. The second-order valence-electron chi connectivity index (χ2n) is 6.24. The number of rotatable bonds is 3. The third-order valence-corrected chi connectivity index (χ3v) is 4.93. The maximum absolute atomic E-state index is 12.4. The van der Waals surface area contributed by atoms with Gasteiger partial charge in [-0.1, -0.05) is 12.2 Å². The lowest BCUT2D eigenvalue weighted by atomic mass is 9.76. The van der Waals surface area contributed by atoms with Crippen molar-refractivity contribution in [2.45, 2.75) is 38.1 Å². The molecule has 0 aliphatic heterocycles. The number of carboxylic acid groups (broad SMARTS) is 1. The number of allylic oxidation sites excluding steroid dienone is 2. The average Bonchev–Trinajstić information content (AvgIpc) is 2.85. The van der Waals surface area contributed by atoms with Gasteiger partial charge in [-0.2, -0.15) is 0 Å². The number of aliphatic carboxylic acids is 1. The van der Waals surface area contributed by atoms with Gasteiger partial charge in [0.1, 0.15) is 0 Å². The van der Waals surface area contributed by atoms with Crippen LogP contribution in [0.3, 0.4) is 0 Å². The van der Waals surface area contributed by atoms with Crippen molar-refractivity contribution >= 4 is 11.9 Å². The molecule has 0 spiro atoms. The molecule has 2 fully saturated rings. The molecular formula is C14H19NO3. The molecule has 0 aromatic rings. The van der Waals surface area contributed by atoms with E-state index in [1.165, 1.54) is 0 Å². The van der Waals surface area contributed by atoms with Crippen molar-refractivity contribution in [1.82, 2.24) is 5.32 Å². The first kappa shape index (κ1) is 11.8. The van der Waals surface area contributed by atoms with Crippen LogP contribution >= 0.6 is 0 Å². The van der Waals surface area contributed by atoms with E-state index < -0.39 is 11.9 Å². The average molecular weight is 249 g/mol. The smallest absolute Gasteiger partial charge is 0.307 e. The van der Waals surface area contributed by atoms with E-state index in [4.69, 9.17) is 0 Å². The topological polar surface area (TPSA) is 66.4 Å². The highest BCUT2D eigenvalue weighted by Gasteiger charge is 2.52. The molecule has 0 heterocycles. The summed E-state index contributed by atoms with van der Waals surface area (Å²) in [5, 5.41) is 12.4. The van der Waals surface area contributed by atoms with Crippen molar-refractivity contribution < 1.29 is 14.7 Å². The Balaban J connectivity index is 1.76. The van der Waals surface area contributed by atoms with Gasteiger partial charge in [0, 0.05) is 5.54 Å². The van der Waals surface area contributed by atoms with Crippen molar-refractivity contribution in [2.75, 3.05) is 0 Å². The van der Waals surface area contributed by atoms with Gasteiger partial charge in [0.2, 0.25) is 5.91 Å². The van der Waals surface area contributed by atoms with Crippen molar-refractivity contribution in [3.8, 4) is 0 Å². The second kappa shape index (κ2) is 3.84. The molecule has 3 rings (SSSR count). The lowest BCUT2D eigenvalue weighted by molar-refractivity contribution is -0.148. The van der Waals surface area contributed by atoms with Crippen LogP contribution in [0.4, 0.5) is 0 Å². The van der Waals surface area contributed by atoms with E-state index in [0.717, 1.165) is 25.7 Å². The van der Waals surface area contributed by atoms with E-state index in [1.807, 2.05) is 19.1 Å². The molecule has 0 aromatic heterocycles. The molecule has 2 bridgehead atoms. The Morgan fingerprint density at radius 2 is 1.83 bits per heavy atom. The largest absolute Gasteiger partial charge is 0.481 e. The Morgan fingerprint density at radius 1 is 1.22 bits per heavy atom. The highest BCUT2D eigenvalue weighted by Crippen LogP contribution is 2.48. The monoisotopic (exact) mass is 249 g/mol. The summed E-state index contributed by atoms with van der Waals surface area (Å²) in [5.74, 6) is -1.59. The van der Waals surface area contributed by atoms with Crippen LogP contribution in [0.1, 0.15) is 32.6 Å². The lowest BCUT2D eigenvalue weighted by Crippen LogP contribution is -2.54. The molecule has 0 radical (unpaired) electrons. The fourth-order valence-electron chi connectivity index (χ4n) is 3.73. The summed E-state index contributed by atoms with van der Waals surface area (Å²) < 4.78 is 0. The maximum Gasteiger partial charge on any atom is 0.307 e. The van der Waals surface area contributed by atoms with Crippen LogP contribution in [0.2, 0.25) is 0 Å². The van der Waals surface area contributed by atoms with E-state index in [2.05, 4.69) is 5.32 Å². The Labute approximate surface area is 106 Å². The van der Waals surface area contributed by atoms with Crippen LogP contribution in [-0.2, 0) is 9.59 Å². The van der Waals surface area contributed by atoms with Gasteiger partial charge in [-0.05, 0) is 44.4 Å². The Morgan fingerprint density at radius 3 is 2.33 bits per heavy atom. The molecule has 98 valence electrons. The number of carbonyl (C=O) groups is 2. The summed E-state index contributed by atoms with van der Waals surface area (Å²) in [6.45, 7) is 2.05. The molecule has 3 aliphatic carbocycles. The summed E-state index contributed by atoms with van der Waals surface area (Å²) in [5.41, 5.74) is -0.0916. The van der Waals surface area contributed by atoms with Gasteiger partial charge < -0.3 is 10.4 Å². The van der Waals surface area contributed by atoms with E-state index in [9.17, 15) is 14.7 Å². The van der Waals surface area contributed by atoms with Crippen LogP contribution in [0.5, 0.6) is 0 Å². The third kappa shape index (κ3) is 1.66. The van der Waals surface area contributed by atoms with Gasteiger partial charge in [-0.15, -0.1) is 0 Å². The molecule has 0 saturated heterocycles. The molecule has 4 heteroatoms. The summed E-state index contributed by atoms with van der Waals surface area (Å²) in [7, 11) is 0. The van der Waals surface area contributed by atoms with Crippen molar-refractivity contribution in [2.24, 2.45) is 23.7 Å². The van der Waals surface area contributed by atoms with E-state index >= 15 is 0 Å². The molecule has 4 unspecified atom stereocenters. The summed E-state index contributed by atoms with van der Waals surface area (Å²) in [6, 6.07) is 0. The number of carboxylic acids is 1. The fraction of sp³-hybridized carbons (Fsp3) is 0.714. The van der Waals surface area contributed by atoms with E-state index in [1.54, 1.807) is 0 Å². The minimum Gasteiger partial charge on any atom is -0.481 e. The molecule has 4 atom stereocenters. The summed E-state index contributed by atoms with van der Waals surface area (Å²) in [4.78, 5) is 23.7. The predicted molar refractivity (Wildman–Crippen MR) is 65.8 cm³/mol. The quantitative estimate of drug-likeness (QED) is 0.746. The lowest BCUT2D eigenvalue weighted by Gasteiger charge is -2.40. The minimum atomic E-state index is -0.828. The maximum atomic E-state index is 12.4. The minimum absolute atomic E-state index is 0.0532. The Kier molecular flexibility index (Phi) is 2.50. The van der Waals surface area contributed by atoms with E-state index in [-0.39, 0.29) is 29.2 Å². The van der Waals surface area contributed by atoms with Gasteiger partial charge in [0.05, 0.1) is 11.8 Å². The van der Waals surface area contributed by atoms with E-state index in [0.29, 0.717) is 0 Å². The van der Waals surface area contributed by atoms with Gasteiger partial charge in [0.15, 0.2) is 0 Å². The van der Waals surface area contributed by atoms with Crippen LogP contribution in [-0.4, -0.2) is 22.5 Å². The Hall–Kier alpha value is -1.32. The van der Waals surface area contributed by atoms with Crippen LogP contribution in [0.25, 0.3) is 0 Å². The van der Waals surface area contributed by atoms with Crippen LogP contribution in [0, 0.1) is 23.7 Å². The van der Waals surface area contributed by atoms with Gasteiger partial charge in [-0.25, -0.2) is 0 Å². The first-order chi connectivity index (χ1) is 8.50. The molecule has 18 heavy (non-hydrogen) atoms. The molecule has 4 nitrogen and oxygen atoms in total. The standard InChI is InChI=1S/C14H19NO3/c1-14(5-2-6-14)15-12(16)10-8-3-4-9(7-8)11(10)13(17)18/h3-4,8-11H,2,5-7H2,1H3,(H,15,16)(H,17,18). The first-order valence-corrected chi connectivity index (χ1v) is 6.73. The van der Waals surface area contributed by atoms with Crippen molar-refractivity contribution in [1.29, 1.82) is 0 Å². The summed E-state index contributed by atoms with van der Waals surface area (Å²) in [6.07, 6.45) is 7.98. The zero-order chi connectivity index (χ0) is 12.9.